The molecule has 0 aliphatic carbocycles. The molecule has 2 nitrogen and oxygen atoms in total. The van der Waals surface area contributed by atoms with Crippen molar-refractivity contribution in [2.75, 3.05) is 0 Å². The molecule has 0 bridgehead atoms. The van der Waals surface area contributed by atoms with Crippen LogP contribution in [0.25, 0.3) is 0 Å². The van der Waals surface area contributed by atoms with Crippen LogP contribution in [0.5, 0.6) is 0 Å². The second-order valence-electron chi connectivity index (χ2n) is 3.41. The van der Waals surface area contributed by atoms with E-state index in [0.717, 1.165) is 18.4 Å². The summed E-state index contributed by atoms with van der Waals surface area (Å²) in [6, 6.07) is 13.6. The Morgan fingerprint density at radius 2 is 1.62 bits per heavy atom. The van der Waals surface area contributed by atoms with Crippen molar-refractivity contribution in [3.63, 3.8) is 0 Å². The van der Waals surface area contributed by atoms with Crippen molar-refractivity contribution >= 4 is 6.29 Å². The van der Waals surface area contributed by atoms with Gasteiger partial charge in [-0.3, -0.25) is 4.79 Å². The lowest BCUT2D eigenvalue weighted by Crippen LogP contribution is -3.00. The van der Waals surface area contributed by atoms with Gasteiger partial charge in [-0.1, -0.05) is 30.3 Å². The third kappa shape index (κ3) is 3.28. The zero-order valence-corrected chi connectivity index (χ0v) is 10.3. The zero-order valence-electron chi connectivity index (χ0n) is 8.71. The molecule has 0 N–H and O–H groups in total. The molecule has 0 spiro atoms. The number of nitrogens with zero attached hydrogens (tertiary/aromatic N) is 1. The molecule has 0 fully saturated rings. The number of rotatable bonds is 3. The minimum Gasteiger partial charge on any atom is -1.00 e. The molecule has 1 aromatic heterocycles. The van der Waals surface area contributed by atoms with Crippen LogP contribution < -0.4 is 21.5 Å². The smallest absolute Gasteiger partial charge is 0.173 e. The minimum atomic E-state index is 0. The van der Waals surface area contributed by atoms with Gasteiger partial charge in [0, 0.05) is 23.3 Å². The first-order valence-electron chi connectivity index (χ1n) is 4.87. The van der Waals surface area contributed by atoms with E-state index in [1.807, 2.05) is 54.9 Å². The van der Waals surface area contributed by atoms with E-state index in [2.05, 4.69) is 4.57 Å². The predicted molar refractivity (Wildman–Crippen MR) is 57.6 cm³/mol. The Morgan fingerprint density at radius 1 is 1.00 bits per heavy atom. The van der Waals surface area contributed by atoms with Gasteiger partial charge in [-0.15, -0.1) is 0 Å². The molecule has 3 heteroatoms. The van der Waals surface area contributed by atoms with E-state index in [1.54, 1.807) is 0 Å². The highest BCUT2D eigenvalue weighted by atomic mass is 79.9. The third-order valence-corrected chi connectivity index (χ3v) is 2.26. The summed E-state index contributed by atoms with van der Waals surface area (Å²) in [5.41, 5.74) is 1.91. The van der Waals surface area contributed by atoms with Crippen LogP contribution in [0, 0.1) is 0 Å². The van der Waals surface area contributed by atoms with E-state index in [-0.39, 0.29) is 17.0 Å². The Kier molecular flexibility index (Phi) is 4.86. The predicted octanol–water partition coefficient (Wildman–Crippen LogP) is -1.16. The summed E-state index contributed by atoms with van der Waals surface area (Å²) in [5, 5.41) is 0. The molecule has 2 aromatic rings. The Labute approximate surface area is 105 Å². The molecule has 82 valence electrons. The van der Waals surface area contributed by atoms with Crippen LogP contribution in [-0.2, 0) is 6.54 Å². The molecule has 0 amide bonds. The Bertz CT molecular complexity index is 439. The van der Waals surface area contributed by atoms with E-state index in [0.29, 0.717) is 0 Å². The molecule has 0 aliphatic rings. The van der Waals surface area contributed by atoms with Crippen molar-refractivity contribution in [3.8, 4) is 0 Å². The molecule has 0 atom stereocenters. The van der Waals surface area contributed by atoms with Gasteiger partial charge in [-0.25, -0.2) is 4.57 Å². The number of hydrogen-bond donors (Lipinski definition) is 0. The highest BCUT2D eigenvalue weighted by Gasteiger charge is 2.00. The van der Waals surface area contributed by atoms with E-state index in [9.17, 15) is 4.79 Å². The molecule has 0 unspecified atom stereocenters. The summed E-state index contributed by atoms with van der Waals surface area (Å²) in [7, 11) is 0. The van der Waals surface area contributed by atoms with E-state index in [4.69, 9.17) is 0 Å². The summed E-state index contributed by atoms with van der Waals surface area (Å²) in [5.74, 6) is 0. The molecule has 0 saturated heterocycles. The first-order chi connectivity index (χ1) is 7.38. The van der Waals surface area contributed by atoms with Crippen LogP contribution in [0.1, 0.15) is 15.9 Å². The monoisotopic (exact) mass is 277 g/mol. The molecule has 0 saturated carbocycles. The van der Waals surface area contributed by atoms with Crippen LogP contribution >= 0.6 is 0 Å². The molecule has 1 heterocycles. The van der Waals surface area contributed by atoms with E-state index >= 15 is 0 Å². The molecule has 16 heavy (non-hydrogen) atoms. The third-order valence-electron chi connectivity index (χ3n) is 2.26. The molecular weight excluding hydrogens is 266 g/mol. The zero-order chi connectivity index (χ0) is 10.5. The van der Waals surface area contributed by atoms with Gasteiger partial charge in [0.05, 0.1) is 0 Å². The van der Waals surface area contributed by atoms with Gasteiger partial charge in [0.15, 0.2) is 18.9 Å². The summed E-state index contributed by atoms with van der Waals surface area (Å²) in [6.07, 6.45) is 4.90. The highest BCUT2D eigenvalue weighted by molar-refractivity contribution is 5.74. The fourth-order valence-electron chi connectivity index (χ4n) is 1.45. The van der Waals surface area contributed by atoms with Gasteiger partial charge in [0.2, 0.25) is 0 Å². The summed E-state index contributed by atoms with van der Waals surface area (Å²) >= 11 is 0. The maximum atomic E-state index is 10.5. The quantitative estimate of drug-likeness (QED) is 0.512. The maximum absolute atomic E-state index is 10.5. The number of hydrogen-bond acceptors (Lipinski definition) is 1. The molecule has 0 radical (unpaired) electrons. The largest absolute Gasteiger partial charge is 1.00 e. The van der Waals surface area contributed by atoms with Crippen molar-refractivity contribution in [2.45, 2.75) is 6.54 Å². The van der Waals surface area contributed by atoms with E-state index in [1.165, 1.54) is 5.56 Å². The van der Waals surface area contributed by atoms with Crippen LogP contribution in [0.2, 0.25) is 0 Å². The van der Waals surface area contributed by atoms with Crippen molar-refractivity contribution in [1.82, 2.24) is 0 Å². The first-order valence-corrected chi connectivity index (χ1v) is 4.87. The first kappa shape index (κ1) is 12.6. The number of carbonyl (C=O) groups excluding carboxylic acids is 1. The van der Waals surface area contributed by atoms with Gasteiger partial charge in [0.1, 0.15) is 6.29 Å². The molecular formula is C13H12BrNO. The normalized spacial score (nSPS) is 9.25. The average Bonchev–Trinajstić information content (AvgIpc) is 2.31. The Hall–Kier alpha value is -1.48. The minimum absolute atomic E-state index is 0. The number of aldehydes is 1. The van der Waals surface area contributed by atoms with Crippen molar-refractivity contribution in [2.24, 2.45) is 0 Å². The SMILES string of the molecule is O=Cc1ccc(C[n+]2ccccc2)cc1.[Br-]. The standard InChI is InChI=1S/C13H12NO.BrH/c15-11-13-6-4-12(5-7-13)10-14-8-2-1-3-9-14;/h1-9,11H,10H2;1H/q+1;/p-1. The Balaban J connectivity index is 0.00000128. The van der Waals surface area contributed by atoms with Gasteiger partial charge in [-0.2, -0.15) is 0 Å². The fraction of sp³-hybridized carbons (Fsp3) is 0.0769. The summed E-state index contributed by atoms with van der Waals surface area (Å²) in [6.45, 7) is 0.833. The molecule has 1 aromatic carbocycles. The number of carbonyl (C=O) groups is 1. The summed E-state index contributed by atoms with van der Waals surface area (Å²) in [4.78, 5) is 10.5. The summed E-state index contributed by atoms with van der Waals surface area (Å²) < 4.78 is 2.09. The topological polar surface area (TPSA) is 20.9 Å². The fourth-order valence-corrected chi connectivity index (χ4v) is 1.45. The van der Waals surface area contributed by atoms with Crippen molar-refractivity contribution in [1.29, 1.82) is 0 Å². The van der Waals surface area contributed by atoms with Crippen LogP contribution in [0.15, 0.2) is 54.9 Å². The van der Waals surface area contributed by atoms with Crippen LogP contribution in [-0.4, -0.2) is 6.29 Å². The van der Waals surface area contributed by atoms with Gasteiger partial charge in [-0.05, 0) is 0 Å². The van der Waals surface area contributed by atoms with Gasteiger partial charge >= 0.3 is 0 Å². The molecule has 0 aliphatic heterocycles. The lowest BCUT2D eigenvalue weighted by molar-refractivity contribution is -0.688. The molecule has 2 rings (SSSR count). The number of benzene rings is 1. The average molecular weight is 278 g/mol. The Morgan fingerprint density at radius 3 is 2.19 bits per heavy atom. The van der Waals surface area contributed by atoms with E-state index < -0.39 is 0 Å². The van der Waals surface area contributed by atoms with Crippen LogP contribution in [0.4, 0.5) is 0 Å². The lowest BCUT2D eigenvalue weighted by Gasteiger charge is -1.97. The van der Waals surface area contributed by atoms with Crippen molar-refractivity contribution < 1.29 is 26.3 Å². The van der Waals surface area contributed by atoms with Gasteiger partial charge < -0.3 is 17.0 Å². The van der Waals surface area contributed by atoms with Crippen molar-refractivity contribution in [3.05, 3.63) is 66.0 Å². The second kappa shape index (κ2) is 6.18. The number of halogens is 1. The number of aromatic nitrogens is 1. The van der Waals surface area contributed by atoms with Gasteiger partial charge in [0.25, 0.3) is 0 Å². The second-order valence-corrected chi connectivity index (χ2v) is 3.41. The highest BCUT2D eigenvalue weighted by Crippen LogP contribution is 2.01. The lowest BCUT2D eigenvalue weighted by atomic mass is 10.1. The maximum Gasteiger partial charge on any atom is 0.173 e. The number of pyridine rings is 1. The van der Waals surface area contributed by atoms with Crippen LogP contribution in [0.3, 0.4) is 0 Å².